The van der Waals surface area contributed by atoms with E-state index in [1.165, 1.54) is 0 Å². The highest BCUT2D eigenvalue weighted by molar-refractivity contribution is 5.78. The maximum atomic E-state index is 13.2. The van der Waals surface area contributed by atoms with Crippen molar-refractivity contribution >= 4 is 18.0 Å². The fourth-order valence-electron chi connectivity index (χ4n) is 2.19. The van der Waals surface area contributed by atoms with Crippen molar-refractivity contribution in [2.75, 3.05) is 13.1 Å². The van der Waals surface area contributed by atoms with E-state index in [9.17, 15) is 36.3 Å². The number of hydrogen-bond acceptors (Lipinski definition) is 6. The Morgan fingerprint density at radius 3 is 1.97 bits per heavy atom. The molecule has 0 spiro atoms. The monoisotopic (exact) mass is 456 g/mol. The summed E-state index contributed by atoms with van der Waals surface area (Å²) < 4.78 is 74.0. The van der Waals surface area contributed by atoms with Crippen molar-refractivity contribution in [3.05, 3.63) is 29.1 Å². The molecule has 174 valence electrons. The van der Waals surface area contributed by atoms with Gasteiger partial charge in [0.25, 0.3) is 0 Å². The summed E-state index contributed by atoms with van der Waals surface area (Å²) in [6, 6.07) is -0.810. The van der Waals surface area contributed by atoms with Crippen LogP contribution in [-0.4, -0.2) is 47.9 Å². The van der Waals surface area contributed by atoms with Crippen molar-refractivity contribution < 1.29 is 50.9 Å². The zero-order valence-corrected chi connectivity index (χ0v) is 16.8. The minimum Gasteiger partial charge on any atom is -0.480 e. The predicted octanol–water partition coefficient (Wildman–Crippen LogP) is 2.64. The van der Waals surface area contributed by atoms with Gasteiger partial charge in [0.2, 0.25) is 34.8 Å². The number of aliphatic carboxylic acids is 1. The normalized spacial score (nSPS) is 15.5. The highest BCUT2D eigenvalue weighted by atomic mass is 19.2. The molecule has 31 heavy (non-hydrogen) atoms. The van der Waals surface area contributed by atoms with Crippen LogP contribution in [0.15, 0.2) is 0 Å². The first-order valence-electron chi connectivity index (χ1n) is 8.89. The number of hydrogen-bond donors (Lipinski definition) is 3. The van der Waals surface area contributed by atoms with E-state index in [1.807, 2.05) is 0 Å². The van der Waals surface area contributed by atoms with Crippen LogP contribution < -0.4 is 15.4 Å². The number of amides is 1. The number of benzene rings is 1. The Morgan fingerprint density at radius 1 is 1.03 bits per heavy atom. The minimum absolute atomic E-state index is 0.369. The molecule has 8 nitrogen and oxygen atoms in total. The second kappa shape index (κ2) is 10.9. The summed E-state index contributed by atoms with van der Waals surface area (Å²) in [5.74, 6) is -14.7. The second-order valence-electron chi connectivity index (χ2n) is 7.22. The van der Waals surface area contributed by atoms with Crippen molar-refractivity contribution in [3.8, 4) is 5.75 Å². The lowest BCUT2D eigenvalue weighted by Gasteiger charge is -2.19. The largest absolute Gasteiger partial charge is 0.480 e. The molecule has 0 aromatic heterocycles. The van der Waals surface area contributed by atoms with Crippen LogP contribution in [0.2, 0.25) is 0 Å². The van der Waals surface area contributed by atoms with Gasteiger partial charge in [-0.05, 0) is 40.2 Å². The number of rotatable bonds is 4. The number of halogens is 5. The number of nitrogens with one attached hydrogen (secondary N) is 2. The molecule has 3 N–H and O–H groups in total. The number of ether oxygens (including phenoxy) is 2. The van der Waals surface area contributed by atoms with E-state index in [2.05, 4.69) is 15.4 Å². The van der Waals surface area contributed by atoms with Crippen LogP contribution in [0.25, 0.3) is 0 Å². The maximum absolute atomic E-state index is 13.2. The summed E-state index contributed by atoms with van der Waals surface area (Å²) in [5, 5.41) is 12.9. The number of carboxylic acid groups (broad SMARTS) is 1. The Hall–Kier alpha value is -2.96. The summed E-state index contributed by atoms with van der Waals surface area (Å²) in [6.07, 6.45) is 0.301. The van der Waals surface area contributed by atoms with Crippen LogP contribution in [-0.2, 0) is 14.3 Å². The Kier molecular flexibility index (Phi) is 9.16. The smallest absolute Gasteiger partial charge is 0.408 e. The van der Waals surface area contributed by atoms with Crippen molar-refractivity contribution in [2.45, 2.75) is 45.3 Å². The molecule has 1 aromatic carbocycles. The van der Waals surface area contributed by atoms with Gasteiger partial charge in [0, 0.05) is 0 Å². The zero-order valence-electron chi connectivity index (χ0n) is 16.8. The Labute approximate surface area is 173 Å². The molecule has 1 heterocycles. The molecule has 1 aromatic rings. The first kappa shape index (κ1) is 26.1. The van der Waals surface area contributed by atoms with E-state index in [0.717, 1.165) is 0 Å². The molecular weight excluding hydrogens is 435 g/mol. The molecular formula is C18H21F5N2O6. The van der Waals surface area contributed by atoms with Crippen LogP contribution >= 0.6 is 0 Å². The molecule has 1 fully saturated rings. The lowest BCUT2D eigenvalue weighted by Crippen LogP contribution is -2.35. The number of carbonyl (C=O) groups is 3. The van der Waals surface area contributed by atoms with Crippen LogP contribution in [0, 0.1) is 29.1 Å². The summed E-state index contributed by atoms with van der Waals surface area (Å²) in [4.78, 5) is 32.2. The second-order valence-corrected chi connectivity index (χ2v) is 7.22. The van der Waals surface area contributed by atoms with Gasteiger partial charge >= 0.3 is 18.0 Å². The third-order valence-corrected chi connectivity index (χ3v) is 3.50. The molecule has 1 amide bonds. The van der Waals surface area contributed by atoms with Gasteiger partial charge < -0.3 is 25.2 Å². The van der Waals surface area contributed by atoms with Crippen molar-refractivity contribution in [1.29, 1.82) is 0 Å². The van der Waals surface area contributed by atoms with Gasteiger partial charge in [0.1, 0.15) is 18.2 Å². The third-order valence-electron chi connectivity index (χ3n) is 3.50. The Balaban J connectivity index is 0.000000348. The fraction of sp³-hybridized carbons (Fsp3) is 0.500. The number of carbonyl (C=O) groups excluding carboxylic acids is 2. The van der Waals surface area contributed by atoms with Crippen LogP contribution in [0.5, 0.6) is 5.75 Å². The molecule has 13 heteroatoms. The molecule has 1 aliphatic heterocycles. The predicted molar refractivity (Wildman–Crippen MR) is 94.8 cm³/mol. The fourth-order valence-corrected chi connectivity index (χ4v) is 2.19. The maximum Gasteiger partial charge on any atom is 0.408 e. The van der Waals surface area contributed by atoms with Gasteiger partial charge in [-0.25, -0.2) is 22.8 Å². The van der Waals surface area contributed by atoms with E-state index >= 15 is 0 Å². The SMILES string of the molecule is CC(C)(C)OC(=O)NCC(=O)O.O=C(Oc1c(F)c(F)c(F)c(F)c1F)[C@@H]1CCCN1. The summed E-state index contributed by atoms with van der Waals surface area (Å²) >= 11 is 0. The standard InChI is InChI=1S/C11H8F5NO2.C7H13NO4/c12-5-6(13)8(15)10(9(16)7(5)14)19-11(18)4-2-1-3-17-4;1-7(2,3)12-6(11)8-4-5(9)10/h4,17H,1-3H2;4H2,1-3H3,(H,8,11)(H,9,10)/t4-;/m0./s1. The lowest BCUT2D eigenvalue weighted by atomic mass is 10.2. The van der Waals surface area contributed by atoms with Gasteiger partial charge in [-0.1, -0.05) is 0 Å². The highest BCUT2D eigenvalue weighted by Gasteiger charge is 2.31. The Bertz CT molecular complexity index is 809. The molecule has 0 aliphatic carbocycles. The molecule has 1 atom stereocenters. The summed E-state index contributed by atoms with van der Waals surface area (Å²) in [7, 11) is 0. The molecule has 0 radical (unpaired) electrons. The number of alkyl carbamates (subject to hydrolysis) is 1. The van der Waals surface area contributed by atoms with Gasteiger partial charge in [0.15, 0.2) is 0 Å². The highest BCUT2D eigenvalue weighted by Crippen LogP contribution is 2.29. The van der Waals surface area contributed by atoms with E-state index in [1.54, 1.807) is 20.8 Å². The Morgan fingerprint density at radius 2 is 1.55 bits per heavy atom. The van der Waals surface area contributed by atoms with E-state index in [0.29, 0.717) is 19.4 Å². The van der Waals surface area contributed by atoms with Gasteiger partial charge in [0.05, 0.1) is 0 Å². The number of carboxylic acids is 1. The topological polar surface area (TPSA) is 114 Å². The van der Waals surface area contributed by atoms with Crippen LogP contribution in [0.4, 0.5) is 26.7 Å². The lowest BCUT2D eigenvalue weighted by molar-refractivity contribution is -0.137. The van der Waals surface area contributed by atoms with Crippen LogP contribution in [0.3, 0.4) is 0 Å². The third kappa shape index (κ3) is 8.00. The van der Waals surface area contributed by atoms with Gasteiger partial charge in [-0.15, -0.1) is 0 Å². The average Bonchev–Trinajstić information content (AvgIpc) is 3.20. The van der Waals surface area contributed by atoms with Crippen molar-refractivity contribution in [3.63, 3.8) is 0 Å². The van der Waals surface area contributed by atoms with Crippen LogP contribution in [0.1, 0.15) is 33.6 Å². The van der Waals surface area contributed by atoms with Crippen molar-refractivity contribution in [2.24, 2.45) is 0 Å². The molecule has 0 saturated carbocycles. The van der Waals surface area contributed by atoms with Gasteiger partial charge in [-0.3, -0.25) is 4.79 Å². The van der Waals surface area contributed by atoms with E-state index in [-0.39, 0.29) is 0 Å². The quantitative estimate of drug-likeness (QED) is 0.210. The van der Waals surface area contributed by atoms with E-state index < -0.39 is 71.1 Å². The first-order chi connectivity index (χ1) is 14.2. The summed E-state index contributed by atoms with van der Waals surface area (Å²) in [5.41, 5.74) is -0.595. The zero-order chi connectivity index (χ0) is 23.9. The average molecular weight is 456 g/mol. The molecule has 0 bridgehead atoms. The first-order valence-corrected chi connectivity index (χ1v) is 8.89. The summed E-state index contributed by atoms with van der Waals surface area (Å²) in [6.45, 7) is 5.19. The van der Waals surface area contributed by atoms with E-state index in [4.69, 9.17) is 9.84 Å². The molecule has 1 aliphatic rings. The minimum atomic E-state index is -2.30. The van der Waals surface area contributed by atoms with Gasteiger partial charge in [-0.2, -0.15) is 8.78 Å². The molecule has 2 rings (SSSR count). The van der Waals surface area contributed by atoms with Crippen molar-refractivity contribution in [1.82, 2.24) is 10.6 Å². The molecule has 1 saturated heterocycles. The molecule has 0 unspecified atom stereocenters. The number of esters is 1.